The molecule has 0 aromatic heterocycles. The van der Waals surface area contributed by atoms with E-state index in [-0.39, 0.29) is 42.9 Å². The van der Waals surface area contributed by atoms with Gasteiger partial charge in [-0.3, -0.25) is 24.0 Å². The van der Waals surface area contributed by atoms with Crippen LogP contribution in [0.15, 0.2) is 36.4 Å². The van der Waals surface area contributed by atoms with Crippen LogP contribution in [0.5, 0.6) is 5.75 Å². The van der Waals surface area contributed by atoms with Crippen molar-refractivity contribution in [2.45, 2.75) is 66.5 Å². The van der Waals surface area contributed by atoms with Crippen LogP contribution in [0, 0.1) is 20.8 Å². The fourth-order valence-electron chi connectivity index (χ4n) is 4.00. The van der Waals surface area contributed by atoms with Crippen molar-refractivity contribution in [3.05, 3.63) is 58.7 Å². The van der Waals surface area contributed by atoms with Gasteiger partial charge >= 0.3 is 5.97 Å². The molecule has 0 aliphatic heterocycles. The Morgan fingerprint density at radius 2 is 1.56 bits per heavy atom. The number of ether oxygens (including phenoxy) is 1. The number of para-hydroxylation sites is 1. The Kier molecular flexibility index (Phi) is 13.9. The van der Waals surface area contributed by atoms with E-state index in [1.807, 2.05) is 45.0 Å². The van der Waals surface area contributed by atoms with Crippen molar-refractivity contribution in [3.63, 3.8) is 0 Å². The van der Waals surface area contributed by atoms with Crippen molar-refractivity contribution in [3.8, 4) is 5.75 Å². The summed E-state index contributed by atoms with van der Waals surface area (Å²) in [6, 6.07) is 9.16. The number of amides is 3. The molecule has 3 amide bonds. The smallest absolute Gasteiger partial charge is 0.305 e. The summed E-state index contributed by atoms with van der Waals surface area (Å²) in [7, 11) is 1.59. The number of benzene rings is 2. The second kappa shape index (κ2) is 16.5. The Morgan fingerprint density at radius 3 is 2.00 bits per heavy atom. The molecular formula is C30H39N3O8. The van der Waals surface area contributed by atoms with Crippen LogP contribution in [0.2, 0.25) is 0 Å². The summed E-state index contributed by atoms with van der Waals surface area (Å²) >= 11 is 0. The Labute approximate surface area is 240 Å². The number of hydrogen-bond donors (Lipinski definition) is 3. The molecule has 11 heteroatoms. The number of methoxy groups -OCH3 is 1. The third-order valence-corrected chi connectivity index (χ3v) is 6.10. The zero-order valence-electron chi connectivity index (χ0n) is 24.6. The maximum Gasteiger partial charge on any atom is 0.305 e. The minimum atomic E-state index is -1.11. The van der Waals surface area contributed by atoms with Gasteiger partial charge in [0, 0.05) is 24.6 Å². The van der Waals surface area contributed by atoms with Crippen molar-refractivity contribution in [2.24, 2.45) is 0 Å². The number of nitrogens with one attached hydrogen (secondary N) is 2. The lowest BCUT2D eigenvalue weighted by atomic mass is 10.0. The molecule has 0 fully saturated rings. The van der Waals surface area contributed by atoms with Gasteiger partial charge in [0.1, 0.15) is 18.1 Å². The van der Waals surface area contributed by atoms with Gasteiger partial charge in [-0.2, -0.15) is 0 Å². The van der Waals surface area contributed by atoms with Gasteiger partial charge in [-0.25, -0.2) is 0 Å². The van der Waals surface area contributed by atoms with E-state index >= 15 is 0 Å². The Bertz CT molecular complexity index is 1250. The molecule has 2 aromatic carbocycles. The van der Waals surface area contributed by atoms with Crippen molar-refractivity contribution in [2.75, 3.05) is 18.6 Å². The molecule has 3 N–H and O–H groups in total. The van der Waals surface area contributed by atoms with E-state index in [2.05, 4.69) is 10.6 Å². The summed E-state index contributed by atoms with van der Waals surface area (Å²) in [6.07, 6.45) is 0.293. The summed E-state index contributed by atoms with van der Waals surface area (Å²) < 4.78 is 5.34. The highest BCUT2D eigenvalue weighted by atomic mass is 16.5. The van der Waals surface area contributed by atoms with E-state index < -0.39 is 18.1 Å². The molecule has 0 spiro atoms. The van der Waals surface area contributed by atoms with E-state index in [4.69, 9.17) is 9.84 Å². The lowest BCUT2D eigenvalue weighted by Crippen LogP contribution is -2.49. The molecule has 0 saturated carbocycles. The first-order chi connectivity index (χ1) is 19.2. The summed E-state index contributed by atoms with van der Waals surface area (Å²) in [5, 5.41) is 13.3. The number of hydrogen-bond acceptors (Lipinski definition) is 7. The standard InChI is InChI=1S/C23H28N2O4.C7H11NO4/c1-14-9-7-8-10-21(14)25(18(5)27)13-20(17(4)26)24-23(28)19-11-15(2)22(29-6)16(3)12-19;1-2-6(10)8-5(4-9)3-7(11)12/h7-12,20H,13H2,1-6H3,(H,24,28);4-5H,2-3H2,1H3,(H,8,10)(H,11,12). The predicted molar refractivity (Wildman–Crippen MR) is 154 cm³/mol. The Hall–Kier alpha value is -4.54. The maximum atomic E-state index is 12.8. The molecule has 2 unspecified atom stereocenters. The molecule has 2 atom stereocenters. The van der Waals surface area contributed by atoms with Gasteiger partial charge in [0.2, 0.25) is 11.8 Å². The fourth-order valence-corrected chi connectivity index (χ4v) is 4.00. The molecule has 41 heavy (non-hydrogen) atoms. The number of aldehydes is 1. The minimum Gasteiger partial charge on any atom is -0.496 e. The third kappa shape index (κ3) is 10.9. The van der Waals surface area contributed by atoms with Crippen LogP contribution < -0.4 is 20.3 Å². The number of carbonyl (C=O) groups excluding carboxylic acids is 5. The second-order valence-electron chi connectivity index (χ2n) is 9.46. The van der Waals surface area contributed by atoms with Gasteiger partial charge < -0.3 is 30.2 Å². The van der Waals surface area contributed by atoms with E-state index in [0.29, 0.717) is 11.8 Å². The van der Waals surface area contributed by atoms with Crippen LogP contribution in [-0.2, 0) is 24.0 Å². The number of carboxylic acid groups (broad SMARTS) is 1. The van der Waals surface area contributed by atoms with Gasteiger partial charge in [-0.15, -0.1) is 0 Å². The number of rotatable bonds is 12. The van der Waals surface area contributed by atoms with Crippen molar-refractivity contribution >= 4 is 41.4 Å². The van der Waals surface area contributed by atoms with Crippen LogP contribution in [0.3, 0.4) is 0 Å². The van der Waals surface area contributed by atoms with Crippen molar-refractivity contribution in [1.82, 2.24) is 10.6 Å². The molecule has 0 heterocycles. The molecule has 2 rings (SSSR count). The molecule has 0 radical (unpaired) electrons. The molecule has 11 nitrogen and oxygen atoms in total. The summed E-state index contributed by atoms with van der Waals surface area (Å²) in [5.41, 5.74) is 3.75. The molecule has 0 saturated heterocycles. The van der Waals surface area contributed by atoms with Crippen LogP contribution in [0.1, 0.15) is 60.7 Å². The SMILES string of the molecule is CCC(=O)NC(C=O)CC(=O)O.COc1c(C)cc(C(=O)NC(CN(C(C)=O)c2ccccc2C)C(C)=O)cc1C. The van der Waals surface area contributed by atoms with Crippen molar-refractivity contribution < 1.29 is 38.6 Å². The first-order valence-corrected chi connectivity index (χ1v) is 13.0. The topological polar surface area (TPSA) is 159 Å². The van der Waals surface area contributed by atoms with Crippen LogP contribution in [0.4, 0.5) is 5.69 Å². The lowest BCUT2D eigenvalue weighted by molar-refractivity contribution is -0.138. The number of anilines is 1. The zero-order chi connectivity index (χ0) is 31.3. The molecular weight excluding hydrogens is 530 g/mol. The quantitative estimate of drug-likeness (QED) is 0.329. The Balaban J connectivity index is 0.000000590. The van der Waals surface area contributed by atoms with Gasteiger partial charge in [0.05, 0.1) is 26.1 Å². The number of nitrogens with zero attached hydrogens (tertiary/aromatic N) is 1. The fraction of sp³-hybridized carbons (Fsp3) is 0.400. The zero-order valence-corrected chi connectivity index (χ0v) is 24.6. The van der Waals surface area contributed by atoms with E-state index in [1.54, 1.807) is 26.2 Å². The van der Waals surface area contributed by atoms with Gasteiger partial charge in [0.25, 0.3) is 5.91 Å². The Morgan fingerprint density at radius 1 is 0.976 bits per heavy atom. The lowest BCUT2D eigenvalue weighted by Gasteiger charge is -2.27. The molecule has 0 aliphatic carbocycles. The van der Waals surface area contributed by atoms with Crippen LogP contribution in [-0.4, -0.2) is 66.6 Å². The van der Waals surface area contributed by atoms with Gasteiger partial charge in [-0.05, 0) is 62.6 Å². The predicted octanol–water partition coefficient (Wildman–Crippen LogP) is 2.92. The average molecular weight is 570 g/mol. The monoisotopic (exact) mass is 569 g/mol. The molecule has 0 bridgehead atoms. The third-order valence-electron chi connectivity index (χ3n) is 6.10. The van der Waals surface area contributed by atoms with E-state index in [1.165, 1.54) is 18.7 Å². The number of aliphatic carboxylic acids is 1. The number of ketones is 1. The van der Waals surface area contributed by atoms with Crippen molar-refractivity contribution in [1.29, 1.82) is 0 Å². The van der Waals surface area contributed by atoms with E-state index in [9.17, 15) is 28.8 Å². The average Bonchev–Trinajstić information content (AvgIpc) is 2.90. The number of carbonyl (C=O) groups is 6. The largest absolute Gasteiger partial charge is 0.496 e. The first-order valence-electron chi connectivity index (χ1n) is 13.0. The minimum absolute atomic E-state index is 0.0649. The van der Waals surface area contributed by atoms with Crippen LogP contribution in [0.25, 0.3) is 0 Å². The van der Waals surface area contributed by atoms with Gasteiger partial charge in [-0.1, -0.05) is 25.1 Å². The molecule has 222 valence electrons. The summed E-state index contributed by atoms with van der Waals surface area (Å²) in [4.78, 5) is 69.9. The highest BCUT2D eigenvalue weighted by Gasteiger charge is 2.25. The normalized spacial score (nSPS) is 11.6. The van der Waals surface area contributed by atoms with E-state index in [0.717, 1.165) is 28.1 Å². The number of Topliss-reactive ketones (excluding diaryl/α,β-unsaturated/α-hetero) is 1. The first kappa shape index (κ1) is 34.5. The second-order valence-corrected chi connectivity index (χ2v) is 9.46. The molecule has 2 aromatic rings. The number of aryl methyl sites for hydroxylation is 3. The molecule has 0 aliphatic rings. The summed E-state index contributed by atoms with van der Waals surface area (Å²) in [6.45, 7) is 10.2. The van der Waals surface area contributed by atoms with Crippen LogP contribution >= 0.6 is 0 Å². The number of carboxylic acids is 1. The maximum absolute atomic E-state index is 12.8. The summed E-state index contributed by atoms with van der Waals surface area (Å²) in [5.74, 6) is -1.49. The highest BCUT2D eigenvalue weighted by Crippen LogP contribution is 2.24. The highest BCUT2D eigenvalue weighted by molar-refractivity contribution is 5.99. The van der Waals surface area contributed by atoms with Gasteiger partial charge in [0.15, 0.2) is 5.78 Å².